The number of likely N-dealkylation sites (tertiary alicyclic amines) is 1. The van der Waals surface area contributed by atoms with Gasteiger partial charge in [0.1, 0.15) is 0 Å². The van der Waals surface area contributed by atoms with Crippen molar-refractivity contribution in [2.75, 3.05) is 13.1 Å². The minimum Gasteiger partial charge on any atom is -0.339 e. The maximum Gasteiger partial charge on any atom is 0.208 e. The predicted octanol–water partition coefficient (Wildman–Crippen LogP) is 1.09. The first-order valence-corrected chi connectivity index (χ1v) is 6.12. The fourth-order valence-electron chi connectivity index (χ4n) is 2.75. The number of hydrogen-bond donors (Lipinski definition) is 2. The summed E-state index contributed by atoms with van der Waals surface area (Å²) in [6.45, 7) is 4.23. The summed E-state index contributed by atoms with van der Waals surface area (Å²) < 4.78 is 0. The van der Waals surface area contributed by atoms with Crippen LogP contribution in [0.25, 0.3) is 0 Å². The number of guanidine groups is 1. The molecular weight excluding hydrogens is 188 g/mol. The number of fused-ring (bicyclic) bond motifs is 2. The van der Waals surface area contributed by atoms with Crippen molar-refractivity contribution in [3.05, 3.63) is 0 Å². The number of nitrogens with one attached hydrogen (secondary N) is 1. The van der Waals surface area contributed by atoms with Crippen molar-refractivity contribution in [1.82, 2.24) is 10.3 Å². The van der Waals surface area contributed by atoms with Gasteiger partial charge in [0.15, 0.2) is 0 Å². The summed E-state index contributed by atoms with van der Waals surface area (Å²) >= 11 is 0. The molecule has 1 aliphatic carbocycles. The molecule has 3 N–H and O–H groups in total. The quantitative estimate of drug-likeness (QED) is 0.241. The molecule has 1 saturated carbocycles. The number of nitrogens with two attached hydrogens (primary N) is 1. The van der Waals surface area contributed by atoms with Crippen LogP contribution in [0.1, 0.15) is 39.0 Å². The number of piperidine rings is 1. The average Bonchev–Trinajstić information content (AvgIpc) is 2.86. The van der Waals surface area contributed by atoms with E-state index in [9.17, 15) is 0 Å². The number of hydrazine groups is 1. The lowest BCUT2D eigenvalue weighted by atomic mass is 10.1. The Bertz CT molecular complexity index is 239. The van der Waals surface area contributed by atoms with E-state index in [0.717, 1.165) is 31.4 Å². The molecule has 15 heavy (non-hydrogen) atoms. The second-order valence-electron chi connectivity index (χ2n) is 4.69. The molecule has 2 atom stereocenters. The first-order chi connectivity index (χ1) is 7.35. The molecular formula is C11H22N4. The van der Waals surface area contributed by atoms with Gasteiger partial charge in [-0.25, -0.2) is 5.84 Å². The number of aliphatic imine (C=N–C) groups is 1. The predicted molar refractivity (Wildman–Crippen MR) is 62.4 cm³/mol. The third-order valence-electron chi connectivity index (χ3n) is 3.58. The summed E-state index contributed by atoms with van der Waals surface area (Å²) in [5.41, 5.74) is 2.76. The van der Waals surface area contributed by atoms with E-state index in [0.29, 0.717) is 6.04 Å². The molecule has 1 heterocycles. The van der Waals surface area contributed by atoms with E-state index in [1.807, 2.05) is 0 Å². The number of unbranched alkanes of at least 4 members (excludes halogenated alkanes) is 1. The molecule has 0 spiro atoms. The maximum atomic E-state index is 5.54. The molecule has 4 nitrogen and oxygen atoms in total. The fraction of sp³-hybridized carbons (Fsp3) is 0.909. The van der Waals surface area contributed by atoms with Crippen LogP contribution in [0.4, 0.5) is 0 Å². The fourth-order valence-corrected chi connectivity index (χ4v) is 2.75. The first-order valence-electron chi connectivity index (χ1n) is 6.12. The Morgan fingerprint density at radius 1 is 1.53 bits per heavy atom. The highest BCUT2D eigenvalue weighted by Crippen LogP contribution is 2.37. The van der Waals surface area contributed by atoms with Crippen molar-refractivity contribution in [1.29, 1.82) is 0 Å². The largest absolute Gasteiger partial charge is 0.339 e. The third-order valence-corrected chi connectivity index (χ3v) is 3.58. The second-order valence-corrected chi connectivity index (χ2v) is 4.69. The van der Waals surface area contributed by atoms with Crippen molar-refractivity contribution < 1.29 is 0 Å². The summed E-state index contributed by atoms with van der Waals surface area (Å²) in [4.78, 5) is 6.90. The van der Waals surface area contributed by atoms with Gasteiger partial charge in [-0.2, -0.15) is 0 Å². The zero-order chi connectivity index (χ0) is 10.7. The molecule has 2 fully saturated rings. The van der Waals surface area contributed by atoms with Crippen LogP contribution < -0.4 is 11.3 Å². The molecule has 0 aromatic carbocycles. The third kappa shape index (κ3) is 2.25. The molecule has 2 aliphatic rings. The Morgan fingerprint density at radius 2 is 2.40 bits per heavy atom. The highest BCUT2D eigenvalue weighted by molar-refractivity contribution is 5.80. The molecule has 2 bridgehead atoms. The molecule has 0 radical (unpaired) electrons. The summed E-state index contributed by atoms with van der Waals surface area (Å²) in [6.07, 6.45) is 6.39. The Balaban J connectivity index is 1.92. The van der Waals surface area contributed by atoms with E-state index in [1.54, 1.807) is 0 Å². The van der Waals surface area contributed by atoms with E-state index >= 15 is 0 Å². The van der Waals surface area contributed by atoms with E-state index in [2.05, 4.69) is 22.2 Å². The SMILES string of the molecule is CCCCN=C(NN)N1CC2CCC1C2. The molecule has 0 amide bonds. The minimum absolute atomic E-state index is 0.700. The van der Waals surface area contributed by atoms with Crippen molar-refractivity contribution in [2.24, 2.45) is 16.8 Å². The highest BCUT2D eigenvalue weighted by Gasteiger charge is 2.39. The van der Waals surface area contributed by atoms with E-state index in [1.165, 1.54) is 25.7 Å². The molecule has 1 saturated heterocycles. The van der Waals surface area contributed by atoms with Crippen molar-refractivity contribution >= 4 is 5.96 Å². The Hall–Kier alpha value is -0.770. The second kappa shape index (κ2) is 4.84. The zero-order valence-corrected chi connectivity index (χ0v) is 9.58. The van der Waals surface area contributed by atoms with Gasteiger partial charge in [0.25, 0.3) is 0 Å². The van der Waals surface area contributed by atoms with Gasteiger partial charge in [-0.05, 0) is 31.6 Å². The smallest absolute Gasteiger partial charge is 0.208 e. The van der Waals surface area contributed by atoms with Gasteiger partial charge in [-0.3, -0.25) is 10.4 Å². The van der Waals surface area contributed by atoms with Gasteiger partial charge < -0.3 is 4.90 Å². The minimum atomic E-state index is 0.700. The summed E-state index contributed by atoms with van der Waals surface area (Å²) in [7, 11) is 0. The van der Waals surface area contributed by atoms with Crippen LogP contribution in [0.3, 0.4) is 0 Å². The van der Waals surface area contributed by atoms with Gasteiger partial charge in [-0.15, -0.1) is 0 Å². The van der Waals surface area contributed by atoms with Crippen molar-refractivity contribution in [3.8, 4) is 0 Å². The van der Waals surface area contributed by atoms with Gasteiger partial charge in [0.05, 0.1) is 0 Å². The molecule has 86 valence electrons. The molecule has 2 rings (SSSR count). The Kier molecular flexibility index (Phi) is 3.46. The van der Waals surface area contributed by atoms with Crippen LogP contribution in [0.5, 0.6) is 0 Å². The highest BCUT2D eigenvalue weighted by atomic mass is 15.4. The van der Waals surface area contributed by atoms with Crippen LogP contribution in [-0.2, 0) is 0 Å². The zero-order valence-electron chi connectivity index (χ0n) is 9.58. The number of hydrogen-bond acceptors (Lipinski definition) is 2. The van der Waals surface area contributed by atoms with Crippen molar-refractivity contribution in [3.63, 3.8) is 0 Å². The summed E-state index contributed by atoms with van der Waals surface area (Å²) in [6, 6.07) is 0.700. The molecule has 4 heteroatoms. The van der Waals surface area contributed by atoms with Crippen LogP contribution in [0.2, 0.25) is 0 Å². The van der Waals surface area contributed by atoms with Gasteiger partial charge in [0.2, 0.25) is 5.96 Å². The van der Waals surface area contributed by atoms with Crippen molar-refractivity contribution in [2.45, 2.75) is 45.1 Å². The lowest BCUT2D eigenvalue weighted by Gasteiger charge is -2.29. The summed E-state index contributed by atoms with van der Waals surface area (Å²) in [5.74, 6) is 7.35. The van der Waals surface area contributed by atoms with Crippen LogP contribution >= 0.6 is 0 Å². The van der Waals surface area contributed by atoms with Gasteiger partial charge in [-0.1, -0.05) is 13.3 Å². The normalized spacial score (nSPS) is 30.0. The van der Waals surface area contributed by atoms with Crippen LogP contribution in [0, 0.1) is 5.92 Å². The maximum absolute atomic E-state index is 5.54. The monoisotopic (exact) mass is 210 g/mol. The molecule has 1 aliphatic heterocycles. The van der Waals surface area contributed by atoms with E-state index in [4.69, 9.17) is 5.84 Å². The molecule has 2 unspecified atom stereocenters. The Morgan fingerprint density at radius 3 is 2.93 bits per heavy atom. The number of rotatable bonds is 3. The van der Waals surface area contributed by atoms with Gasteiger partial charge >= 0.3 is 0 Å². The molecule has 0 aromatic heterocycles. The lowest BCUT2D eigenvalue weighted by Crippen LogP contribution is -2.48. The Labute approximate surface area is 91.9 Å². The average molecular weight is 210 g/mol. The lowest BCUT2D eigenvalue weighted by molar-refractivity contribution is 0.317. The van der Waals surface area contributed by atoms with Crippen LogP contribution in [-0.4, -0.2) is 30.0 Å². The topological polar surface area (TPSA) is 53.6 Å². The van der Waals surface area contributed by atoms with Gasteiger partial charge in [0, 0.05) is 19.1 Å². The first kappa shape index (κ1) is 10.7. The summed E-state index contributed by atoms with van der Waals surface area (Å²) in [5, 5.41) is 0. The van der Waals surface area contributed by atoms with E-state index < -0.39 is 0 Å². The standard InChI is InChI=1S/C11H22N4/c1-2-3-6-13-11(14-12)15-8-9-4-5-10(15)7-9/h9-10H,2-8,12H2,1H3,(H,13,14). The van der Waals surface area contributed by atoms with Crippen LogP contribution in [0.15, 0.2) is 4.99 Å². The molecule has 0 aromatic rings. The number of nitrogens with zero attached hydrogens (tertiary/aromatic N) is 2. The van der Waals surface area contributed by atoms with E-state index in [-0.39, 0.29) is 0 Å².